The molecule has 0 unspecified atom stereocenters. The lowest BCUT2D eigenvalue weighted by molar-refractivity contribution is -0.121. The van der Waals surface area contributed by atoms with E-state index in [9.17, 15) is 9.59 Å². The largest absolute Gasteiger partial charge is 0.345 e. The molecule has 0 aliphatic rings. The highest BCUT2D eigenvalue weighted by Gasteiger charge is 2.12. The van der Waals surface area contributed by atoms with E-state index in [1.807, 2.05) is 0 Å². The zero-order valence-corrected chi connectivity index (χ0v) is 14.3. The Hall–Kier alpha value is -1.88. The van der Waals surface area contributed by atoms with Crippen molar-refractivity contribution in [1.29, 1.82) is 0 Å². The van der Waals surface area contributed by atoms with E-state index in [0.717, 1.165) is 4.47 Å². The number of aromatic nitrogens is 5. The highest BCUT2D eigenvalue weighted by atomic mass is 79.9. The summed E-state index contributed by atoms with van der Waals surface area (Å²) < 4.78 is 3.97. The third-order valence-corrected chi connectivity index (χ3v) is 4.11. The van der Waals surface area contributed by atoms with Crippen molar-refractivity contribution in [2.45, 2.75) is 11.6 Å². The number of hydrazine groups is 1. The Morgan fingerprint density at radius 3 is 2.73 bits per heavy atom. The predicted octanol–water partition coefficient (Wildman–Crippen LogP) is 0.254. The molecule has 2 amide bonds. The molecule has 0 saturated carbocycles. The number of nitrogens with zero attached hydrogens (tertiary/aromatic N) is 5. The second kappa shape index (κ2) is 7.40. The Morgan fingerprint density at radius 1 is 1.36 bits per heavy atom. The van der Waals surface area contributed by atoms with Crippen molar-refractivity contribution in [3.8, 4) is 0 Å². The van der Waals surface area contributed by atoms with Gasteiger partial charge in [-0.2, -0.15) is 0 Å². The number of halogens is 1. The highest BCUT2D eigenvalue weighted by molar-refractivity contribution is 9.10. The van der Waals surface area contributed by atoms with Crippen LogP contribution in [0.5, 0.6) is 0 Å². The molecular formula is C11H14BrN7O2S. The molecule has 2 aromatic rings. The van der Waals surface area contributed by atoms with Crippen molar-refractivity contribution in [3.05, 3.63) is 22.4 Å². The van der Waals surface area contributed by atoms with E-state index in [-0.39, 0.29) is 18.2 Å². The smallest absolute Gasteiger partial charge is 0.286 e. The van der Waals surface area contributed by atoms with Gasteiger partial charge in [0.05, 0.1) is 0 Å². The van der Waals surface area contributed by atoms with E-state index >= 15 is 0 Å². The van der Waals surface area contributed by atoms with E-state index in [0.29, 0.717) is 16.6 Å². The van der Waals surface area contributed by atoms with Gasteiger partial charge in [0.2, 0.25) is 11.1 Å². The Kier molecular flexibility index (Phi) is 5.55. The number of rotatable bonds is 5. The van der Waals surface area contributed by atoms with Crippen LogP contribution < -0.4 is 10.9 Å². The first-order valence-electron chi connectivity index (χ1n) is 6.23. The summed E-state index contributed by atoms with van der Waals surface area (Å²) in [5.74, 6) is -0.165. The monoisotopic (exact) mass is 387 g/mol. The maximum atomic E-state index is 11.9. The maximum Gasteiger partial charge on any atom is 0.286 e. The van der Waals surface area contributed by atoms with Crippen LogP contribution in [0.1, 0.15) is 16.9 Å². The number of carbonyl (C=O) groups excluding carboxylic acids is 2. The number of tetrazole rings is 1. The second-order valence-corrected chi connectivity index (χ2v) is 6.32. The average Bonchev–Trinajstić information content (AvgIpc) is 3.02. The summed E-state index contributed by atoms with van der Waals surface area (Å²) in [4.78, 5) is 23.6. The molecule has 2 heterocycles. The van der Waals surface area contributed by atoms with E-state index in [1.54, 1.807) is 30.9 Å². The molecular weight excluding hydrogens is 374 g/mol. The third kappa shape index (κ3) is 4.31. The van der Waals surface area contributed by atoms with E-state index in [1.165, 1.54) is 16.4 Å². The van der Waals surface area contributed by atoms with Crippen LogP contribution in [-0.2, 0) is 18.9 Å². The maximum absolute atomic E-state index is 11.9. The number of hydrogen-bond acceptors (Lipinski definition) is 6. The molecule has 0 radical (unpaired) electrons. The molecule has 22 heavy (non-hydrogen) atoms. The van der Waals surface area contributed by atoms with E-state index < -0.39 is 0 Å². The van der Waals surface area contributed by atoms with Gasteiger partial charge in [-0.1, -0.05) is 11.8 Å². The molecule has 0 aliphatic carbocycles. The molecule has 9 nitrogen and oxygen atoms in total. The van der Waals surface area contributed by atoms with Crippen LogP contribution in [0.3, 0.4) is 0 Å². The Balaban J connectivity index is 1.72. The Bertz CT molecular complexity index is 684. The second-order valence-electron chi connectivity index (χ2n) is 4.34. The normalized spacial score (nSPS) is 10.5. The minimum Gasteiger partial charge on any atom is -0.345 e. The average molecular weight is 388 g/mol. The zero-order chi connectivity index (χ0) is 16.1. The molecule has 2 N–H and O–H groups in total. The van der Waals surface area contributed by atoms with Crippen molar-refractivity contribution < 1.29 is 9.59 Å². The van der Waals surface area contributed by atoms with Crippen molar-refractivity contribution in [1.82, 2.24) is 35.6 Å². The number of aryl methyl sites for hydroxylation is 2. The topological polar surface area (TPSA) is 107 Å². The van der Waals surface area contributed by atoms with Gasteiger partial charge < -0.3 is 4.57 Å². The quantitative estimate of drug-likeness (QED) is 0.562. The van der Waals surface area contributed by atoms with Crippen molar-refractivity contribution in [2.75, 3.05) is 5.75 Å². The van der Waals surface area contributed by atoms with Gasteiger partial charge in [-0.05, 0) is 32.4 Å². The Labute approximate surface area is 138 Å². The van der Waals surface area contributed by atoms with E-state index in [2.05, 4.69) is 42.3 Å². The lowest BCUT2D eigenvalue weighted by Crippen LogP contribution is -2.42. The van der Waals surface area contributed by atoms with Crippen LogP contribution in [0.15, 0.2) is 21.9 Å². The molecule has 2 aromatic heterocycles. The summed E-state index contributed by atoms with van der Waals surface area (Å²) in [6.07, 6.45) is 1.98. The van der Waals surface area contributed by atoms with Gasteiger partial charge in [-0.25, -0.2) is 4.68 Å². The first kappa shape index (κ1) is 16.5. The summed E-state index contributed by atoms with van der Waals surface area (Å²) in [6, 6.07) is 1.67. The summed E-state index contributed by atoms with van der Waals surface area (Å²) in [6.45, 7) is 0. The number of nitrogens with one attached hydrogen (secondary N) is 2. The summed E-state index contributed by atoms with van der Waals surface area (Å²) in [7, 11) is 3.47. The molecule has 0 aromatic carbocycles. The minimum absolute atomic E-state index is 0.231. The third-order valence-electron chi connectivity index (χ3n) is 2.66. The fourth-order valence-corrected chi connectivity index (χ4v) is 2.89. The van der Waals surface area contributed by atoms with Crippen molar-refractivity contribution in [3.63, 3.8) is 0 Å². The lowest BCUT2D eigenvalue weighted by Gasteiger charge is -2.07. The standard InChI is InChI=1S/C11H14BrN7O2S/c1-18-6-7(12)5-8(18)10(21)14-13-9(20)3-4-22-11-15-16-17-19(11)2/h5-6H,3-4H2,1-2H3,(H,13,20)(H,14,21). The molecule has 2 rings (SSSR count). The van der Waals surface area contributed by atoms with Crippen LogP contribution in [0.4, 0.5) is 0 Å². The molecule has 0 bridgehead atoms. The van der Waals surface area contributed by atoms with Gasteiger partial charge in [-0.3, -0.25) is 20.4 Å². The lowest BCUT2D eigenvalue weighted by atomic mass is 10.4. The van der Waals surface area contributed by atoms with Crippen LogP contribution in [0.25, 0.3) is 0 Å². The SMILES string of the molecule is Cn1cc(Br)cc1C(=O)NNC(=O)CCSc1nnnn1C. The molecule has 0 saturated heterocycles. The van der Waals surface area contributed by atoms with Gasteiger partial charge >= 0.3 is 0 Å². The first-order valence-corrected chi connectivity index (χ1v) is 8.01. The van der Waals surface area contributed by atoms with Crippen LogP contribution in [0.2, 0.25) is 0 Å². The van der Waals surface area contributed by atoms with Crippen LogP contribution in [0, 0.1) is 0 Å². The fraction of sp³-hybridized carbons (Fsp3) is 0.364. The van der Waals surface area contributed by atoms with Gasteiger partial charge in [0.25, 0.3) is 5.91 Å². The Morgan fingerprint density at radius 2 is 2.14 bits per heavy atom. The molecule has 11 heteroatoms. The first-order chi connectivity index (χ1) is 10.5. The number of hydrogen-bond donors (Lipinski definition) is 2. The summed E-state index contributed by atoms with van der Waals surface area (Å²) >= 11 is 4.64. The number of thioether (sulfide) groups is 1. The van der Waals surface area contributed by atoms with Crippen LogP contribution in [-0.4, -0.2) is 42.3 Å². The van der Waals surface area contributed by atoms with Crippen molar-refractivity contribution >= 4 is 39.5 Å². The van der Waals surface area contributed by atoms with Gasteiger partial charge in [0.1, 0.15) is 5.69 Å². The van der Waals surface area contributed by atoms with Gasteiger partial charge in [0.15, 0.2) is 0 Å². The molecule has 0 aliphatic heterocycles. The predicted molar refractivity (Wildman–Crippen MR) is 82.9 cm³/mol. The number of carbonyl (C=O) groups is 2. The van der Waals surface area contributed by atoms with Crippen LogP contribution >= 0.6 is 27.7 Å². The number of amides is 2. The minimum atomic E-state index is -0.383. The summed E-state index contributed by atoms with van der Waals surface area (Å²) in [5, 5.41) is 11.6. The van der Waals surface area contributed by atoms with Gasteiger partial charge in [-0.15, -0.1) is 5.10 Å². The summed E-state index contributed by atoms with van der Waals surface area (Å²) in [5.41, 5.74) is 5.18. The fourth-order valence-electron chi connectivity index (χ4n) is 1.58. The van der Waals surface area contributed by atoms with Crippen molar-refractivity contribution in [2.24, 2.45) is 14.1 Å². The molecule has 0 fully saturated rings. The van der Waals surface area contributed by atoms with E-state index in [4.69, 9.17) is 0 Å². The highest BCUT2D eigenvalue weighted by Crippen LogP contribution is 2.14. The molecule has 118 valence electrons. The molecule has 0 atom stereocenters. The zero-order valence-electron chi connectivity index (χ0n) is 11.9. The van der Waals surface area contributed by atoms with Gasteiger partial charge in [0, 0.05) is 36.9 Å². The molecule has 0 spiro atoms.